The lowest BCUT2D eigenvalue weighted by atomic mass is 9.81. The third-order valence-electron chi connectivity index (χ3n) is 3.23. The minimum Gasteiger partial charge on any atom is -0.468 e. The number of nitrogens with one attached hydrogen (secondary N) is 1. The Morgan fingerprint density at radius 2 is 1.88 bits per heavy atom. The zero-order valence-electron chi connectivity index (χ0n) is 10.1. The van der Waals surface area contributed by atoms with Crippen molar-refractivity contribution in [3.63, 3.8) is 0 Å². The van der Waals surface area contributed by atoms with Gasteiger partial charge in [0.2, 0.25) is 5.91 Å². The van der Waals surface area contributed by atoms with E-state index in [1.165, 1.54) is 7.11 Å². The second-order valence-corrected chi connectivity index (χ2v) is 4.37. The second kappa shape index (κ2) is 6.24. The topological polar surface area (TPSA) is 79.2 Å². The fourth-order valence-corrected chi connectivity index (χ4v) is 2.12. The number of ether oxygens (including phenoxy) is 1. The standard InChI is InChI=1S/C12H18N2O3/c1-17-10(15)8-14-11(16)12(9-13)6-4-2-3-5-7-12/h2-8H2,1H3,(H,14,16). The second-order valence-electron chi connectivity index (χ2n) is 4.37. The predicted molar refractivity (Wildman–Crippen MR) is 60.8 cm³/mol. The van der Waals surface area contributed by atoms with Gasteiger partial charge in [0.05, 0.1) is 13.2 Å². The maximum atomic E-state index is 12.0. The van der Waals surface area contributed by atoms with Crippen LogP contribution in [0.15, 0.2) is 0 Å². The Balaban J connectivity index is 2.62. The Morgan fingerprint density at radius 3 is 2.35 bits per heavy atom. The fourth-order valence-electron chi connectivity index (χ4n) is 2.12. The van der Waals surface area contributed by atoms with Crippen molar-refractivity contribution in [3.8, 4) is 6.07 Å². The molecular formula is C12H18N2O3. The number of rotatable bonds is 3. The summed E-state index contributed by atoms with van der Waals surface area (Å²) in [5, 5.41) is 11.7. The molecule has 94 valence electrons. The van der Waals surface area contributed by atoms with Gasteiger partial charge in [-0.1, -0.05) is 25.7 Å². The Morgan fingerprint density at radius 1 is 1.29 bits per heavy atom. The van der Waals surface area contributed by atoms with Crippen LogP contribution in [-0.2, 0) is 14.3 Å². The molecule has 0 aromatic heterocycles. The van der Waals surface area contributed by atoms with Crippen LogP contribution in [0.25, 0.3) is 0 Å². The van der Waals surface area contributed by atoms with Gasteiger partial charge in [0.1, 0.15) is 12.0 Å². The summed E-state index contributed by atoms with van der Waals surface area (Å²) < 4.78 is 4.44. The minimum absolute atomic E-state index is 0.168. The lowest BCUT2D eigenvalue weighted by Crippen LogP contribution is -2.42. The number of carbonyl (C=O) groups is 2. The van der Waals surface area contributed by atoms with Gasteiger partial charge in [0.15, 0.2) is 0 Å². The van der Waals surface area contributed by atoms with Crippen molar-refractivity contribution in [2.75, 3.05) is 13.7 Å². The van der Waals surface area contributed by atoms with Gasteiger partial charge in [-0.2, -0.15) is 5.26 Å². The van der Waals surface area contributed by atoms with Crippen LogP contribution < -0.4 is 5.32 Å². The van der Waals surface area contributed by atoms with E-state index in [0.717, 1.165) is 25.7 Å². The summed E-state index contributed by atoms with van der Waals surface area (Å²) in [6, 6.07) is 2.13. The van der Waals surface area contributed by atoms with Gasteiger partial charge in [-0.3, -0.25) is 9.59 Å². The summed E-state index contributed by atoms with van der Waals surface area (Å²) in [5.41, 5.74) is -0.954. The van der Waals surface area contributed by atoms with Crippen LogP contribution in [0.3, 0.4) is 0 Å². The quantitative estimate of drug-likeness (QED) is 0.590. The summed E-state index contributed by atoms with van der Waals surface area (Å²) in [5.74, 6) is -0.840. The SMILES string of the molecule is COC(=O)CNC(=O)C1(C#N)CCCCCC1. The largest absolute Gasteiger partial charge is 0.468 e. The van der Waals surface area contributed by atoms with Crippen molar-refractivity contribution in [1.82, 2.24) is 5.32 Å². The lowest BCUT2D eigenvalue weighted by Gasteiger charge is -2.23. The average molecular weight is 238 g/mol. The molecule has 0 radical (unpaired) electrons. The highest BCUT2D eigenvalue weighted by molar-refractivity contribution is 5.88. The molecular weight excluding hydrogens is 220 g/mol. The molecule has 0 aliphatic heterocycles. The lowest BCUT2D eigenvalue weighted by molar-refractivity contribution is -0.142. The maximum absolute atomic E-state index is 12.0. The van der Waals surface area contributed by atoms with Crippen LogP contribution in [0.5, 0.6) is 0 Å². The number of hydrogen-bond donors (Lipinski definition) is 1. The van der Waals surface area contributed by atoms with Gasteiger partial charge >= 0.3 is 5.97 Å². The van der Waals surface area contributed by atoms with E-state index >= 15 is 0 Å². The van der Waals surface area contributed by atoms with Crippen molar-refractivity contribution in [2.24, 2.45) is 5.41 Å². The van der Waals surface area contributed by atoms with Crippen molar-refractivity contribution in [2.45, 2.75) is 38.5 Å². The minimum atomic E-state index is -0.954. The van der Waals surface area contributed by atoms with E-state index in [-0.39, 0.29) is 12.5 Å². The van der Waals surface area contributed by atoms with E-state index in [1.807, 2.05) is 0 Å². The van der Waals surface area contributed by atoms with Gasteiger partial charge in [-0.15, -0.1) is 0 Å². The number of amides is 1. The van der Waals surface area contributed by atoms with Gasteiger partial charge < -0.3 is 10.1 Å². The molecule has 1 amide bonds. The Bertz CT molecular complexity index is 325. The molecule has 0 saturated heterocycles. The van der Waals surface area contributed by atoms with E-state index in [1.54, 1.807) is 0 Å². The molecule has 1 aliphatic rings. The summed E-state index contributed by atoms with van der Waals surface area (Å²) in [7, 11) is 1.26. The van der Waals surface area contributed by atoms with E-state index in [9.17, 15) is 14.9 Å². The van der Waals surface area contributed by atoms with Crippen LogP contribution in [0.4, 0.5) is 0 Å². The highest BCUT2D eigenvalue weighted by Gasteiger charge is 2.38. The molecule has 1 N–H and O–H groups in total. The van der Waals surface area contributed by atoms with E-state index < -0.39 is 11.4 Å². The monoisotopic (exact) mass is 238 g/mol. The number of nitriles is 1. The molecule has 1 rings (SSSR count). The number of nitrogens with zero attached hydrogens (tertiary/aromatic N) is 1. The van der Waals surface area contributed by atoms with Crippen molar-refractivity contribution < 1.29 is 14.3 Å². The maximum Gasteiger partial charge on any atom is 0.325 e. The fraction of sp³-hybridized carbons (Fsp3) is 0.750. The molecule has 5 heteroatoms. The van der Waals surface area contributed by atoms with Gasteiger partial charge in [0, 0.05) is 0 Å². The van der Waals surface area contributed by atoms with Crippen molar-refractivity contribution in [3.05, 3.63) is 0 Å². The first-order valence-corrected chi connectivity index (χ1v) is 5.91. The number of methoxy groups -OCH3 is 1. The predicted octanol–water partition coefficient (Wildman–Crippen LogP) is 1.14. The molecule has 0 aromatic carbocycles. The molecule has 0 aromatic rings. The molecule has 1 aliphatic carbocycles. The number of hydrogen-bond acceptors (Lipinski definition) is 4. The molecule has 0 bridgehead atoms. The highest BCUT2D eigenvalue weighted by Crippen LogP contribution is 2.34. The molecule has 1 saturated carbocycles. The van der Waals surface area contributed by atoms with Crippen LogP contribution in [0.2, 0.25) is 0 Å². The van der Waals surface area contributed by atoms with Crippen LogP contribution in [0.1, 0.15) is 38.5 Å². The van der Waals surface area contributed by atoms with Crippen LogP contribution in [-0.4, -0.2) is 25.5 Å². The van der Waals surface area contributed by atoms with Gasteiger partial charge in [-0.25, -0.2) is 0 Å². The zero-order chi connectivity index (χ0) is 12.7. The first-order valence-electron chi connectivity index (χ1n) is 5.91. The van der Waals surface area contributed by atoms with E-state index in [0.29, 0.717) is 12.8 Å². The Kier molecular flexibility index (Phi) is 4.95. The summed E-state index contributed by atoms with van der Waals surface area (Å²) in [4.78, 5) is 22.9. The number of esters is 1. The normalized spacial score (nSPS) is 18.6. The summed E-state index contributed by atoms with van der Waals surface area (Å²) in [6.07, 6.45) is 5.06. The highest BCUT2D eigenvalue weighted by atomic mass is 16.5. The molecule has 17 heavy (non-hydrogen) atoms. The first kappa shape index (κ1) is 13.5. The summed E-state index contributed by atoms with van der Waals surface area (Å²) >= 11 is 0. The molecule has 0 heterocycles. The molecule has 1 fully saturated rings. The van der Waals surface area contributed by atoms with Gasteiger partial charge in [0.25, 0.3) is 0 Å². The zero-order valence-corrected chi connectivity index (χ0v) is 10.1. The molecule has 0 atom stereocenters. The van der Waals surface area contributed by atoms with Crippen molar-refractivity contribution in [1.29, 1.82) is 5.26 Å². The van der Waals surface area contributed by atoms with Gasteiger partial charge in [-0.05, 0) is 12.8 Å². The molecule has 5 nitrogen and oxygen atoms in total. The third-order valence-corrected chi connectivity index (χ3v) is 3.23. The smallest absolute Gasteiger partial charge is 0.325 e. The number of carbonyl (C=O) groups excluding carboxylic acids is 2. The van der Waals surface area contributed by atoms with E-state index in [4.69, 9.17) is 0 Å². The average Bonchev–Trinajstić information content (AvgIpc) is 2.61. The van der Waals surface area contributed by atoms with Crippen molar-refractivity contribution >= 4 is 11.9 Å². The van der Waals surface area contributed by atoms with Crippen LogP contribution in [0, 0.1) is 16.7 Å². The molecule has 0 unspecified atom stereocenters. The Labute approximate surface area is 101 Å². The first-order chi connectivity index (χ1) is 8.14. The Hall–Kier alpha value is -1.57. The van der Waals surface area contributed by atoms with Crippen LogP contribution >= 0.6 is 0 Å². The molecule has 0 spiro atoms. The van der Waals surface area contributed by atoms with E-state index in [2.05, 4.69) is 16.1 Å². The summed E-state index contributed by atoms with van der Waals surface area (Å²) in [6.45, 7) is -0.168. The third kappa shape index (κ3) is 3.45.